The fourth-order valence-corrected chi connectivity index (χ4v) is 2.07. The zero-order valence-corrected chi connectivity index (χ0v) is 10.2. The van der Waals surface area contributed by atoms with Crippen LogP contribution in [0, 0.1) is 16.0 Å². The van der Waals surface area contributed by atoms with Crippen molar-refractivity contribution in [2.45, 2.75) is 26.4 Å². The first-order chi connectivity index (χ1) is 7.54. The van der Waals surface area contributed by atoms with Crippen LogP contribution in [0.3, 0.4) is 0 Å². The molecule has 1 atom stereocenters. The van der Waals surface area contributed by atoms with Gasteiger partial charge in [-0.3, -0.25) is 10.1 Å². The predicted molar refractivity (Wildman–Crippen MR) is 63.5 cm³/mol. The van der Waals surface area contributed by atoms with E-state index in [1.165, 1.54) is 6.07 Å². The summed E-state index contributed by atoms with van der Waals surface area (Å²) in [4.78, 5) is 11.0. The van der Waals surface area contributed by atoms with Crippen LogP contribution in [0.4, 0.5) is 5.00 Å². The maximum absolute atomic E-state index is 10.5. The molecule has 0 fully saturated rings. The molecule has 0 aliphatic rings. The summed E-state index contributed by atoms with van der Waals surface area (Å²) in [6, 6.07) is 3.27. The number of aliphatic hydroxyl groups is 1. The van der Waals surface area contributed by atoms with Crippen LogP contribution in [0.2, 0.25) is 0 Å². The second-order valence-electron chi connectivity index (χ2n) is 3.91. The van der Waals surface area contributed by atoms with E-state index in [0.29, 0.717) is 12.5 Å². The van der Waals surface area contributed by atoms with Gasteiger partial charge in [0.05, 0.1) is 11.5 Å². The third kappa shape index (κ3) is 3.55. The summed E-state index contributed by atoms with van der Waals surface area (Å²) in [6.07, 6.45) is 0. The van der Waals surface area contributed by atoms with E-state index in [9.17, 15) is 10.1 Å². The summed E-state index contributed by atoms with van der Waals surface area (Å²) in [6.45, 7) is 4.67. The second-order valence-corrected chi connectivity index (χ2v) is 5.06. The fraction of sp³-hybridized carbons (Fsp3) is 0.600. The highest BCUT2D eigenvalue weighted by Gasteiger charge is 2.13. The van der Waals surface area contributed by atoms with Gasteiger partial charge in [0.1, 0.15) is 0 Å². The molecule has 0 aromatic carbocycles. The lowest BCUT2D eigenvalue weighted by Crippen LogP contribution is -2.36. The standard InChI is InChI=1S/C10H16N2O3S/c1-7(2)9(6-13)11-5-8-3-4-10(16-8)12(14)15/h3-4,7,9,11,13H,5-6H2,1-2H3. The van der Waals surface area contributed by atoms with Crippen molar-refractivity contribution >= 4 is 16.3 Å². The van der Waals surface area contributed by atoms with Gasteiger partial charge in [-0.1, -0.05) is 25.2 Å². The molecule has 1 aromatic heterocycles. The van der Waals surface area contributed by atoms with Gasteiger partial charge in [-0.2, -0.15) is 0 Å². The molecule has 1 heterocycles. The van der Waals surface area contributed by atoms with Gasteiger partial charge in [-0.05, 0) is 12.0 Å². The molecular weight excluding hydrogens is 228 g/mol. The van der Waals surface area contributed by atoms with Crippen molar-refractivity contribution < 1.29 is 10.0 Å². The Balaban J connectivity index is 2.50. The first kappa shape index (κ1) is 13.1. The number of hydrogen-bond donors (Lipinski definition) is 2. The third-order valence-electron chi connectivity index (χ3n) is 2.37. The number of nitrogens with zero attached hydrogens (tertiary/aromatic N) is 1. The Hall–Kier alpha value is -0.980. The molecule has 90 valence electrons. The van der Waals surface area contributed by atoms with E-state index in [-0.39, 0.29) is 22.6 Å². The van der Waals surface area contributed by atoms with Crippen molar-refractivity contribution in [1.29, 1.82) is 0 Å². The lowest BCUT2D eigenvalue weighted by Gasteiger charge is -2.19. The molecular formula is C10H16N2O3S. The van der Waals surface area contributed by atoms with E-state index in [1.807, 2.05) is 13.8 Å². The normalized spacial score (nSPS) is 13.0. The molecule has 1 aromatic rings. The molecule has 0 aliphatic carbocycles. The lowest BCUT2D eigenvalue weighted by atomic mass is 10.1. The van der Waals surface area contributed by atoms with E-state index in [4.69, 9.17) is 5.11 Å². The van der Waals surface area contributed by atoms with Crippen LogP contribution in [-0.2, 0) is 6.54 Å². The average Bonchev–Trinajstić information content (AvgIpc) is 2.67. The van der Waals surface area contributed by atoms with Crippen molar-refractivity contribution in [3.63, 3.8) is 0 Å². The van der Waals surface area contributed by atoms with Gasteiger partial charge in [0.25, 0.3) is 0 Å². The number of hydrogen-bond acceptors (Lipinski definition) is 5. The number of thiophene rings is 1. The molecule has 0 saturated heterocycles. The van der Waals surface area contributed by atoms with Gasteiger partial charge in [0.15, 0.2) is 0 Å². The minimum absolute atomic E-state index is 0.0288. The Kier molecular flexibility index (Phi) is 4.85. The molecule has 6 heteroatoms. The maximum Gasteiger partial charge on any atom is 0.324 e. The van der Waals surface area contributed by atoms with E-state index in [1.54, 1.807) is 6.07 Å². The second kappa shape index (κ2) is 5.93. The SMILES string of the molecule is CC(C)C(CO)NCc1ccc([N+](=O)[O-])s1. The van der Waals surface area contributed by atoms with Crippen molar-refractivity contribution in [3.8, 4) is 0 Å². The van der Waals surface area contributed by atoms with Gasteiger partial charge in [0, 0.05) is 23.5 Å². The maximum atomic E-state index is 10.5. The van der Waals surface area contributed by atoms with Crippen LogP contribution in [0.15, 0.2) is 12.1 Å². The summed E-state index contributed by atoms with van der Waals surface area (Å²) in [5, 5.41) is 22.9. The zero-order chi connectivity index (χ0) is 12.1. The van der Waals surface area contributed by atoms with Crippen molar-refractivity contribution in [3.05, 3.63) is 27.1 Å². The molecule has 5 nitrogen and oxygen atoms in total. The summed E-state index contributed by atoms with van der Waals surface area (Å²) in [5.74, 6) is 0.333. The highest BCUT2D eigenvalue weighted by atomic mass is 32.1. The minimum Gasteiger partial charge on any atom is -0.395 e. The largest absolute Gasteiger partial charge is 0.395 e. The smallest absolute Gasteiger partial charge is 0.324 e. The van der Waals surface area contributed by atoms with Crippen LogP contribution in [-0.4, -0.2) is 22.7 Å². The summed E-state index contributed by atoms with van der Waals surface area (Å²) in [7, 11) is 0. The Morgan fingerprint density at radius 2 is 2.25 bits per heavy atom. The Labute approximate surface area is 98.3 Å². The topological polar surface area (TPSA) is 75.4 Å². The minimum atomic E-state index is -0.389. The van der Waals surface area contributed by atoms with Crippen molar-refractivity contribution in [1.82, 2.24) is 5.32 Å². The molecule has 2 N–H and O–H groups in total. The van der Waals surface area contributed by atoms with Crippen molar-refractivity contribution in [2.75, 3.05) is 6.61 Å². The molecule has 1 unspecified atom stereocenters. The molecule has 0 radical (unpaired) electrons. The lowest BCUT2D eigenvalue weighted by molar-refractivity contribution is -0.380. The monoisotopic (exact) mass is 244 g/mol. The highest BCUT2D eigenvalue weighted by molar-refractivity contribution is 7.15. The number of nitrogens with one attached hydrogen (secondary N) is 1. The molecule has 0 bridgehead atoms. The summed E-state index contributed by atoms with van der Waals surface area (Å²) in [5.41, 5.74) is 0. The van der Waals surface area contributed by atoms with E-state index in [2.05, 4.69) is 5.32 Å². The quantitative estimate of drug-likeness (QED) is 0.590. The highest BCUT2D eigenvalue weighted by Crippen LogP contribution is 2.23. The molecule has 0 aliphatic heterocycles. The Bertz CT molecular complexity index is 352. The van der Waals surface area contributed by atoms with Crippen LogP contribution in [0.5, 0.6) is 0 Å². The predicted octanol–water partition coefficient (Wildman–Crippen LogP) is 1.76. The first-order valence-corrected chi connectivity index (χ1v) is 5.93. The molecule has 16 heavy (non-hydrogen) atoms. The van der Waals surface area contributed by atoms with Crippen LogP contribution >= 0.6 is 11.3 Å². The number of nitro groups is 1. The number of rotatable bonds is 6. The van der Waals surface area contributed by atoms with Gasteiger partial charge in [0.2, 0.25) is 0 Å². The van der Waals surface area contributed by atoms with Crippen LogP contribution in [0.25, 0.3) is 0 Å². The van der Waals surface area contributed by atoms with Crippen LogP contribution in [0.1, 0.15) is 18.7 Å². The van der Waals surface area contributed by atoms with Crippen LogP contribution < -0.4 is 5.32 Å². The third-order valence-corrected chi connectivity index (χ3v) is 3.40. The van der Waals surface area contributed by atoms with Gasteiger partial charge >= 0.3 is 5.00 Å². The van der Waals surface area contributed by atoms with E-state index in [0.717, 1.165) is 16.2 Å². The fourth-order valence-electron chi connectivity index (χ4n) is 1.30. The molecule has 1 rings (SSSR count). The Morgan fingerprint density at radius 1 is 1.56 bits per heavy atom. The molecule has 0 spiro atoms. The Morgan fingerprint density at radius 3 is 2.69 bits per heavy atom. The van der Waals surface area contributed by atoms with E-state index < -0.39 is 0 Å². The summed E-state index contributed by atoms with van der Waals surface area (Å²) < 4.78 is 0. The van der Waals surface area contributed by atoms with Gasteiger partial charge < -0.3 is 10.4 Å². The summed E-state index contributed by atoms with van der Waals surface area (Å²) >= 11 is 1.16. The van der Waals surface area contributed by atoms with Gasteiger partial charge in [-0.15, -0.1) is 0 Å². The van der Waals surface area contributed by atoms with E-state index >= 15 is 0 Å². The molecule has 0 amide bonds. The number of aliphatic hydroxyl groups excluding tert-OH is 1. The molecule has 0 saturated carbocycles. The van der Waals surface area contributed by atoms with Crippen molar-refractivity contribution in [2.24, 2.45) is 5.92 Å². The average molecular weight is 244 g/mol. The zero-order valence-electron chi connectivity index (χ0n) is 9.34. The first-order valence-electron chi connectivity index (χ1n) is 5.12. The van der Waals surface area contributed by atoms with Gasteiger partial charge in [-0.25, -0.2) is 0 Å².